The Bertz CT molecular complexity index is 1140. The monoisotopic (exact) mass is 439 g/mol. The molecule has 6 heteroatoms. The summed E-state index contributed by atoms with van der Waals surface area (Å²) in [7, 11) is -1.51. The summed E-state index contributed by atoms with van der Waals surface area (Å²) in [6.07, 6.45) is 7.03. The normalized spacial score (nSPS) is 23.7. The highest BCUT2D eigenvalue weighted by atomic mass is 32.2. The van der Waals surface area contributed by atoms with E-state index in [1.807, 2.05) is 12.1 Å². The minimum atomic E-state index is -3.67. The summed E-state index contributed by atoms with van der Waals surface area (Å²) < 4.78 is 25.9. The van der Waals surface area contributed by atoms with Gasteiger partial charge in [0.2, 0.25) is 0 Å². The fourth-order valence-electron chi connectivity index (χ4n) is 4.34. The predicted molar refractivity (Wildman–Crippen MR) is 125 cm³/mol. The van der Waals surface area contributed by atoms with Crippen LogP contribution in [0.25, 0.3) is 12.2 Å². The molecule has 0 spiro atoms. The number of carbonyl (C=O) groups excluding carboxylic acids is 1. The third kappa shape index (κ3) is 5.79. The molecule has 164 valence electrons. The summed E-state index contributed by atoms with van der Waals surface area (Å²) in [4.78, 5) is 15.8. The van der Waals surface area contributed by atoms with E-state index in [4.69, 9.17) is 4.55 Å². The van der Waals surface area contributed by atoms with Crippen LogP contribution in [0.3, 0.4) is 0 Å². The topological polar surface area (TPSA) is 74.7 Å². The number of carbonyl (C=O) groups is 1. The number of Topliss-reactive ketones (excluding diaryl/α,β-unsaturated/α-hetero) is 1. The number of rotatable bonds is 2. The first-order chi connectivity index (χ1) is 14.5. The van der Waals surface area contributed by atoms with Gasteiger partial charge in [-0.2, -0.15) is 8.42 Å². The van der Waals surface area contributed by atoms with Crippen molar-refractivity contribution >= 4 is 28.1 Å². The van der Waals surface area contributed by atoms with Gasteiger partial charge in [-0.15, -0.1) is 0 Å². The molecule has 2 fully saturated rings. The molecule has 0 amide bonds. The van der Waals surface area contributed by atoms with Crippen LogP contribution in [0, 0.1) is 13.8 Å². The largest absolute Gasteiger partial charge is 0.292 e. The van der Waals surface area contributed by atoms with Gasteiger partial charge in [0.25, 0.3) is 10.1 Å². The Morgan fingerprint density at radius 3 is 2.13 bits per heavy atom. The number of piperidine rings is 1. The van der Waals surface area contributed by atoms with E-state index in [1.54, 1.807) is 0 Å². The van der Waals surface area contributed by atoms with E-state index >= 15 is 0 Å². The highest BCUT2D eigenvalue weighted by Crippen LogP contribution is 2.40. The average Bonchev–Trinajstić information content (AvgIpc) is 2.98. The molecule has 5 nitrogen and oxygen atoms in total. The highest BCUT2D eigenvalue weighted by Gasteiger charge is 2.44. The molecule has 31 heavy (non-hydrogen) atoms. The zero-order chi connectivity index (χ0) is 22.8. The molecule has 4 rings (SSSR count). The lowest BCUT2D eigenvalue weighted by Gasteiger charge is -2.34. The van der Waals surface area contributed by atoms with Crippen LogP contribution in [0.5, 0.6) is 0 Å². The maximum absolute atomic E-state index is 13.4. The number of likely N-dealkylation sites (N-methyl/N-ethyl adjacent to an activating group) is 1. The summed E-state index contributed by atoms with van der Waals surface area (Å²) in [5.41, 5.74) is 6.56. The molecule has 2 atom stereocenters. The lowest BCUT2D eigenvalue weighted by atomic mass is 9.88. The highest BCUT2D eigenvalue weighted by molar-refractivity contribution is 7.85. The average molecular weight is 440 g/mol. The number of ketones is 1. The number of nitrogens with zero attached hydrogens (tertiary/aromatic N) is 1. The van der Waals surface area contributed by atoms with Crippen LogP contribution in [0.1, 0.15) is 35.1 Å². The Hall–Kier alpha value is -2.54. The predicted octanol–water partition coefficient (Wildman–Crippen LogP) is 4.32. The summed E-state index contributed by atoms with van der Waals surface area (Å²) >= 11 is 0. The zero-order valence-corrected chi connectivity index (χ0v) is 19.2. The van der Waals surface area contributed by atoms with Gasteiger partial charge in [-0.05, 0) is 62.6 Å². The molecule has 0 radical (unpaired) electrons. The van der Waals surface area contributed by atoms with Crippen LogP contribution >= 0.6 is 0 Å². The summed E-state index contributed by atoms with van der Waals surface area (Å²) in [6, 6.07) is 17.1. The quantitative estimate of drug-likeness (QED) is 0.557. The molecule has 2 bridgehead atoms. The second-order valence-electron chi connectivity index (χ2n) is 8.31. The van der Waals surface area contributed by atoms with Crippen molar-refractivity contribution in [3.63, 3.8) is 0 Å². The molecule has 2 aromatic carbocycles. The smallest absolute Gasteiger partial charge is 0.261 e. The van der Waals surface area contributed by atoms with Gasteiger partial charge in [-0.1, -0.05) is 54.1 Å². The number of fused-ring (bicyclic) bond motifs is 2. The first kappa shape index (κ1) is 23.1. The molecule has 2 aromatic rings. The molecule has 1 N–H and O–H groups in total. The van der Waals surface area contributed by atoms with Crippen LogP contribution < -0.4 is 0 Å². The van der Waals surface area contributed by atoms with E-state index in [9.17, 15) is 13.2 Å². The van der Waals surface area contributed by atoms with E-state index < -0.39 is 10.1 Å². The summed E-state index contributed by atoms with van der Waals surface area (Å²) in [5.74, 6) is 0.223. The molecule has 2 heterocycles. The second kappa shape index (κ2) is 9.30. The van der Waals surface area contributed by atoms with Crippen molar-refractivity contribution < 1.29 is 17.8 Å². The standard InChI is InChI=1S/C24H25NO.CH4O3S/c1-16-7-6-9-18(13-16)14-20-22-11-12-23(25(22)3)21(24(20)26)15-19-10-5-4-8-17(19)2;1-5(2,3)4/h4-10,13-15,22-23H,11-12H2,1-3H3;1H3,(H,2,3,4)/b20-14+,21-15+;. The molecule has 0 saturated carbocycles. The molecular weight excluding hydrogens is 410 g/mol. The Balaban J connectivity index is 0.000000491. The van der Waals surface area contributed by atoms with Gasteiger partial charge >= 0.3 is 0 Å². The van der Waals surface area contributed by atoms with Gasteiger partial charge in [0, 0.05) is 23.2 Å². The van der Waals surface area contributed by atoms with Crippen LogP contribution in [0.4, 0.5) is 0 Å². The SMILES string of the molecule is CS(=O)(=O)O.Cc1cccc(/C=C2/C(=O)/C(=C/c3ccccc3C)C3CCC2N3C)c1. The number of hydrogen-bond donors (Lipinski definition) is 1. The van der Waals surface area contributed by atoms with Crippen molar-refractivity contribution in [2.75, 3.05) is 13.3 Å². The fourth-order valence-corrected chi connectivity index (χ4v) is 4.34. The molecule has 2 aliphatic heterocycles. The van der Waals surface area contributed by atoms with Crippen molar-refractivity contribution in [3.05, 3.63) is 81.9 Å². The lowest BCUT2D eigenvalue weighted by molar-refractivity contribution is -0.114. The molecule has 2 unspecified atom stereocenters. The molecule has 2 saturated heterocycles. The minimum Gasteiger partial charge on any atom is -0.292 e. The Morgan fingerprint density at radius 2 is 1.55 bits per heavy atom. The Labute approximate surface area is 184 Å². The summed E-state index contributed by atoms with van der Waals surface area (Å²) in [6.45, 7) is 4.19. The Morgan fingerprint density at radius 1 is 0.968 bits per heavy atom. The van der Waals surface area contributed by atoms with Crippen LogP contribution in [-0.2, 0) is 14.9 Å². The van der Waals surface area contributed by atoms with E-state index in [-0.39, 0.29) is 17.9 Å². The number of aryl methyl sites for hydroxylation is 2. The third-order valence-corrected chi connectivity index (χ3v) is 5.80. The van der Waals surface area contributed by atoms with E-state index in [0.29, 0.717) is 6.26 Å². The van der Waals surface area contributed by atoms with Gasteiger partial charge in [-0.25, -0.2) is 0 Å². The molecule has 2 aliphatic rings. The van der Waals surface area contributed by atoms with E-state index in [1.165, 1.54) is 11.1 Å². The van der Waals surface area contributed by atoms with Crippen molar-refractivity contribution in [1.29, 1.82) is 0 Å². The lowest BCUT2D eigenvalue weighted by Crippen LogP contribution is -2.43. The van der Waals surface area contributed by atoms with Gasteiger partial charge in [0.05, 0.1) is 6.26 Å². The van der Waals surface area contributed by atoms with Crippen molar-refractivity contribution in [1.82, 2.24) is 4.90 Å². The first-order valence-corrected chi connectivity index (χ1v) is 12.1. The maximum atomic E-state index is 13.4. The first-order valence-electron chi connectivity index (χ1n) is 10.3. The fraction of sp³-hybridized carbons (Fsp3) is 0.320. The van der Waals surface area contributed by atoms with Gasteiger partial charge in [0.15, 0.2) is 5.78 Å². The van der Waals surface area contributed by atoms with Crippen molar-refractivity contribution in [2.45, 2.75) is 38.8 Å². The molecular formula is C25H29NO4S. The number of hydrogen-bond acceptors (Lipinski definition) is 4. The minimum absolute atomic E-state index is 0.223. The molecule has 0 aliphatic carbocycles. The third-order valence-electron chi connectivity index (χ3n) is 5.80. The van der Waals surface area contributed by atoms with Gasteiger partial charge < -0.3 is 0 Å². The summed E-state index contributed by atoms with van der Waals surface area (Å²) in [5, 5.41) is 0. The van der Waals surface area contributed by atoms with Gasteiger partial charge in [-0.3, -0.25) is 14.2 Å². The van der Waals surface area contributed by atoms with Crippen molar-refractivity contribution in [3.8, 4) is 0 Å². The van der Waals surface area contributed by atoms with E-state index in [0.717, 1.165) is 35.1 Å². The van der Waals surface area contributed by atoms with E-state index in [2.05, 4.69) is 74.3 Å². The molecule has 0 aromatic heterocycles. The van der Waals surface area contributed by atoms with Crippen LogP contribution in [0.2, 0.25) is 0 Å². The second-order valence-corrected chi connectivity index (χ2v) is 9.77. The van der Waals surface area contributed by atoms with Gasteiger partial charge in [0.1, 0.15) is 0 Å². The number of benzene rings is 2. The van der Waals surface area contributed by atoms with Crippen LogP contribution in [-0.4, -0.2) is 49.0 Å². The van der Waals surface area contributed by atoms with Crippen molar-refractivity contribution in [2.24, 2.45) is 0 Å². The van der Waals surface area contributed by atoms with Crippen LogP contribution in [0.15, 0.2) is 59.7 Å². The Kier molecular flexibility index (Phi) is 6.94. The zero-order valence-electron chi connectivity index (χ0n) is 18.4. The maximum Gasteiger partial charge on any atom is 0.261 e.